The number of rotatable bonds is 3. The standard InChI is InChI=1S/C12H20N2O/c1-8-4-5-11(6-8)13-7-12-9(2)14-15-10(12)3/h8,11,13H,4-7H2,1-3H3/t8-,11+/m1/s1. The van der Waals surface area contributed by atoms with Crippen molar-refractivity contribution >= 4 is 0 Å². The Morgan fingerprint density at radius 1 is 1.40 bits per heavy atom. The number of hydrogen-bond acceptors (Lipinski definition) is 3. The van der Waals surface area contributed by atoms with Gasteiger partial charge in [-0.15, -0.1) is 0 Å². The largest absolute Gasteiger partial charge is 0.361 e. The zero-order chi connectivity index (χ0) is 10.8. The van der Waals surface area contributed by atoms with Crippen LogP contribution in [-0.4, -0.2) is 11.2 Å². The minimum Gasteiger partial charge on any atom is -0.361 e. The van der Waals surface area contributed by atoms with Crippen LogP contribution in [0.15, 0.2) is 4.52 Å². The van der Waals surface area contributed by atoms with Gasteiger partial charge in [-0.05, 0) is 39.0 Å². The second-order valence-corrected chi connectivity index (χ2v) is 4.80. The number of aromatic nitrogens is 1. The molecule has 1 aliphatic rings. The van der Waals surface area contributed by atoms with Crippen LogP contribution in [0.2, 0.25) is 0 Å². The molecule has 0 saturated heterocycles. The van der Waals surface area contributed by atoms with Crippen molar-refractivity contribution in [1.82, 2.24) is 10.5 Å². The Kier molecular flexibility index (Phi) is 3.10. The summed E-state index contributed by atoms with van der Waals surface area (Å²) < 4.78 is 5.14. The van der Waals surface area contributed by atoms with Crippen LogP contribution in [0.25, 0.3) is 0 Å². The molecule has 1 aromatic heterocycles. The number of nitrogens with one attached hydrogen (secondary N) is 1. The van der Waals surface area contributed by atoms with E-state index in [0.29, 0.717) is 6.04 Å². The number of nitrogens with zero attached hydrogens (tertiary/aromatic N) is 1. The van der Waals surface area contributed by atoms with E-state index in [1.54, 1.807) is 0 Å². The van der Waals surface area contributed by atoms with E-state index in [2.05, 4.69) is 17.4 Å². The molecule has 3 heteroatoms. The molecule has 0 amide bonds. The van der Waals surface area contributed by atoms with Gasteiger partial charge in [-0.2, -0.15) is 0 Å². The fourth-order valence-corrected chi connectivity index (χ4v) is 2.39. The summed E-state index contributed by atoms with van der Waals surface area (Å²) in [4.78, 5) is 0. The molecule has 84 valence electrons. The number of hydrogen-bond donors (Lipinski definition) is 1. The Balaban J connectivity index is 1.88. The van der Waals surface area contributed by atoms with Gasteiger partial charge in [0.05, 0.1) is 5.69 Å². The van der Waals surface area contributed by atoms with Crippen LogP contribution < -0.4 is 5.32 Å². The molecule has 1 aliphatic carbocycles. The van der Waals surface area contributed by atoms with Gasteiger partial charge >= 0.3 is 0 Å². The molecule has 0 aromatic carbocycles. The van der Waals surface area contributed by atoms with Crippen LogP contribution in [0.3, 0.4) is 0 Å². The SMILES string of the molecule is Cc1noc(C)c1CN[C@H]1CC[C@@H](C)C1. The molecular weight excluding hydrogens is 188 g/mol. The summed E-state index contributed by atoms with van der Waals surface area (Å²) in [5.41, 5.74) is 2.25. The van der Waals surface area contributed by atoms with Crippen LogP contribution in [-0.2, 0) is 6.54 Å². The second-order valence-electron chi connectivity index (χ2n) is 4.80. The lowest BCUT2D eigenvalue weighted by Crippen LogP contribution is -2.26. The lowest BCUT2D eigenvalue weighted by Gasteiger charge is -2.11. The molecule has 1 aromatic rings. The summed E-state index contributed by atoms with van der Waals surface area (Å²) in [5, 5.41) is 7.56. The molecule has 0 bridgehead atoms. The quantitative estimate of drug-likeness (QED) is 0.829. The maximum Gasteiger partial charge on any atom is 0.138 e. The fraction of sp³-hybridized carbons (Fsp3) is 0.750. The average Bonchev–Trinajstić information content (AvgIpc) is 2.73. The number of aryl methyl sites for hydroxylation is 2. The van der Waals surface area contributed by atoms with Crippen LogP contribution in [0.4, 0.5) is 0 Å². The minimum absolute atomic E-state index is 0.689. The maximum atomic E-state index is 5.14. The summed E-state index contributed by atoms with van der Waals surface area (Å²) in [7, 11) is 0. The van der Waals surface area contributed by atoms with Crippen molar-refractivity contribution in [3.05, 3.63) is 17.0 Å². The van der Waals surface area contributed by atoms with Crippen molar-refractivity contribution in [2.24, 2.45) is 5.92 Å². The van der Waals surface area contributed by atoms with E-state index in [9.17, 15) is 0 Å². The molecule has 15 heavy (non-hydrogen) atoms. The third-order valence-electron chi connectivity index (χ3n) is 3.44. The highest BCUT2D eigenvalue weighted by Crippen LogP contribution is 2.25. The normalized spacial score (nSPS) is 26.1. The van der Waals surface area contributed by atoms with E-state index in [1.807, 2.05) is 13.8 Å². The lowest BCUT2D eigenvalue weighted by atomic mass is 10.1. The summed E-state index contributed by atoms with van der Waals surface area (Å²) in [6.07, 6.45) is 3.98. The molecule has 1 saturated carbocycles. The summed E-state index contributed by atoms with van der Waals surface area (Å²) in [5.74, 6) is 1.83. The van der Waals surface area contributed by atoms with Crippen LogP contribution >= 0.6 is 0 Å². The van der Waals surface area contributed by atoms with Crippen molar-refractivity contribution in [2.45, 2.75) is 52.6 Å². The van der Waals surface area contributed by atoms with Gasteiger partial charge in [0, 0.05) is 18.2 Å². The van der Waals surface area contributed by atoms with E-state index in [4.69, 9.17) is 4.52 Å². The summed E-state index contributed by atoms with van der Waals surface area (Å²) >= 11 is 0. The highest BCUT2D eigenvalue weighted by Gasteiger charge is 2.21. The monoisotopic (exact) mass is 208 g/mol. The van der Waals surface area contributed by atoms with Gasteiger partial charge in [0.1, 0.15) is 5.76 Å². The van der Waals surface area contributed by atoms with E-state index in [0.717, 1.165) is 23.9 Å². The molecule has 2 rings (SSSR count). The zero-order valence-electron chi connectivity index (χ0n) is 9.84. The molecule has 1 heterocycles. The summed E-state index contributed by atoms with van der Waals surface area (Å²) in [6.45, 7) is 7.22. The predicted octanol–water partition coefficient (Wildman–Crippen LogP) is 2.57. The van der Waals surface area contributed by atoms with Gasteiger partial charge in [0.25, 0.3) is 0 Å². The molecule has 3 nitrogen and oxygen atoms in total. The van der Waals surface area contributed by atoms with E-state index >= 15 is 0 Å². The third kappa shape index (κ3) is 2.40. The molecular formula is C12H20N2O. The predicted molar refractivity (Wildman–Crippen MR) is 59.6 cm³/mol. The van der Waals surface area contributed by atoms with Gasteiger partial charge in [0.2, 0.25) is 0 Å². The first-order valence-electron chi connectivity index (χ1n) is 5.82. The van der Waals surface area contributed by atoms with Gasteiger partial charge in [-0.3, -0.25) is 0 Å². The van der Waals surface area contributed by atoms with E-state index in [1.165, 1.54) is 24.8 Å². The third-order valence-corrected chi connectivity index (χ3v) is 3.44. The van der Waals surface area contributed by atoms with E-state index in [-0.39, 0.29) is 0 Å². The molecule has 0 aliphatic heterocycles. The minimum atomic E-state index is 0.689. The summed E-state index contributed by atoms with van der Waals surface area (Å²) in [6, 6.07) is 0.689. The Morgan fingerprint density at radius 2 is 2.20 bits per heavy atom. The fourth-order valence-electron chi connectivity index (χ4n) is 2.39. The smallest absolute Gasteiger partial charge is 0.138 e. The van der Waals surface area contributed by atoms with E-state index < -0.39 is 0 Å². The van der Waals surface area contributed by atoms with Crippen molar-refractivity contribution in [3.8, 4) is 0 Å². The first-order chi connectivity index (χ1) is 7.16. The van der Waals surface area contributed by atoms with Crippen molar-refractivity contribution in [3.63, 3.8) is 0 Å². The van der Waals surface area contributed by atoms with Crippen LogP contribution in [0.5, 0.6) is 0 Å². The topological polar surface area (TPSA) is 38.1 Å². The second kappa shape index (κ2) is 4.35. The highest BCUT2D eigenvalue weighted by molar-refractivity contribution is 5.20. The molecule has 0 unspecified atom stereocenters. The first-order valence-corrected chi connectivity index (χ1v) is 5.82. The van der Waals surface area contributed by atoms with Gasteiger partial charge in [0.15, 0.2) is 0 Å². The van der Waals surface area contributed by atoms with Gasteiger partial charge < -0.3 is 9.84 Å². The molecule has 0 spiro atoms. The van der Waals surface area contributed by atoms with Crippen molar-refractivity contribution < 1.29 is 4.52 Å². The van der Waals surface area contributed by atoms with Gasteiger partial charge in [-0.1, -0.05) is 12.1 Å². The van der Waals surface area contributed by atoms with Crippen LogP contribution in [0, 0.1) is 19.8 Å². The maximum absolute atomic E-state index is 5.14. The van der Waals surface area contributed by atoms with Crippen molar-refractivity contribution in [2.75, 3.05) is 0 Å². The first kappa shape index (κ1) is 10.7. The van der Waals surface area contributed by atoms with Gasteiger partial charge in [-0.25, -0.2) is 0 Å². The molecule has 1 fully saturated rings. The molecule has 0 radical (unpaired) electrons. The Bertz CT molecular complexity index is 313. The molecule has 1 N–H and O–H groups in total. The average molecular weight is 208 g/mol. The lowest BCUT2D eigenvalue weighted by molar-refractivity contribution is 0.391. The van der Waals surface area contributed by atoms with Crippen molar-refractivity contribution in [1.29, 1.82) is 0 Å². The zero-order valence-corrected chi connectivity index (χ0v) is 9.84. The Morgan fingerprint density at radius 3 is 2.73 bits per heavy atom. The Hall–Kier alpha value is -0.830. The Labute approximate surface area is 91.2 Å². The highest BCUT2D eigenvalue weighted by atomic mass is 16.5. The van der Waals surface area contributed by atoms with Crippen LogP contribution in [0.1, 0.15) is 43.2 Å². The molecule has 2 atom stereocenters.